The molecule has 0 bridgehead atoms. The Morgan fingerprint density at radius 2 is 1.72 bits per heavy atom. The number of hydrogen-bond acceptors (Lipinski definition) is 4. The molecule has 0 fully saturated rings. The highest BCUT2D eigenvalue weighted by Gasteiger charge is 2.16. The summed E-state index contributed by atoms with van der Waals surface area (Å²) in [5.74, 6) is -0.579. The summed E-state index contributed by atoms with van der Waals surface area (Å²) >= 11 is 5.93. The van der Waals surface area contributed by atoms with E-state index in [1.165, 1.54) is 10.7 Å². The minimum absolute atomic E-state index is 0.193. The predicted molar refractivity (Wildman–Crippen MR) is 111 cm³/mol. The molecule has 1 amide bonds. The summed E-state index contributed by atoms with van der Waals surface area (Å²) in [5.41, 5.74) is 2.07. The number of aromatic nitrogens is 4. The highest BCUT2D eigenvalue weighted by Crippen LogP contribution is 2.15. The van der Waals surface area contributed by atoms with E-state index in [0.29, 0.717) is 22.1 Å². The SMILES string of the molecule is Cc1cc(=O)c(C(=O)Nc2ccc(-n3cccn3)cc2)nn1-c1ccc(Cl)cc1. The topological polar surface area (TPSA) is 81.8 Å². The number of hydrogen-bond donors (Lipinski definition) is 1. The van der Waals surface area contributed by atoms with Gasteiger partial charge < -0.3 is 5.32 Å². The molecule has 4 aromatic rings. The minimum atomic E-state index is -0.579. The van der Waals surface area contributed by atoms with Gasteiger partial charge in [0.15, 0.2) is 5.69 Å². The van der Waals surface area contributed by atoms with Gasteiger partial charge >= 0.3 is 0 Å². The molecule has 0 unspecified atom stereocenters. The highest BCUT2D eigenvalue weighted by molar-refractivity contribution is 6.30. The van der Waals surface area contributed by atoms with E-state index >= 15 is 0 Å². The number of carbonyl (C=O) groups excluding carboxylic acids is 1. The van der Waals surface area contributed by atoms with Gasteiger partial charge in [0, 0.05) is 34.9 Å². The molecule has 144 valence electrons. The Kier molecular flexibility index (Phi) is 4.97. The first-order chi connectivity index (χ1) is 14.0. The van der Waals surface area contributed by atoms with Crippen LogP contribution in [0.3, 0.4) is 0 Å². The van der Waals surface area contributed by atoms with E-state index in [1.54, 1.807) is 54.2 Å². The van der Waals surface area contributed by atoms with E-state index in [2.05, 4.69) is 15.5 Å². The Labute approximate surface area is 171 Å². The van der Waals surface area contributed by atoms with Crippen LogP contribution in [0.25, 0.3) is 11.4 Å². The molecule has 0 atom stereocenters. The maximum Gasteiger partial charge on any atom is 0.280 e. The molecule has 0 radical (unpaired) electrons. The average Bonchev–Trinajstić information content (AvgIpc) is 3.24. The van der Waals surface area contributed by atoms with Gasteiger partial charge in [0.05, 0.1) is 11.4 Å². The number of rotatable bonds is 4. The van der Waals surface area contributed by atoms with Gasteiger partial charge in [-0.25, -0.2) is 9.36 Å². The number of anilines is 1. The van der Waals surface area contributed by atoms with Crippen LogP contribution in [0.5, 0.6) is 0 Å². The van der Waals surface area contributed by atoms with Crippen LogP contribution in [0.1, 0.15) is 16.2 Å². The number of nitrogens with one attached hydrogen (secondary N) is 1. The fourth-order valence-corrected chi connectivity index (χ4v) is 2.98. The number of amides is 1. The Morgan fingerprint density at radius 1 is 1.03 bits per heavy atom. The monoisotopic (exact) mass is 405 g/mol. The summed E-state index contributed by atoms with van der Waals surface area (Å²) in [6, 6.07) is 17.3. The van der Waals surface area contributed by atoms with E-state index in [-0.39, 0.29) is 5.69 Å². The second-order valence-corrected chi connectivity index (χ2v) is 6.77. The van der Waals surface area contributed by atoms with Crippen molar-refractivity contribution in [1.82, 2.24) is 19.6 Å². The summed E-state index contributed by atoms with van der Waals surface area (Å²) in [4.78, 5) is 25.0. The van der Waals surface area contributed by atoms with Gasteiger partial charge in [-0.15, -0.1) is 0 Å². The first kappa shape index (κ1) is 18.6. The molecule has 0 saturated heterocycles. The van der Waals surface area contributed by atoms with Crippen LogP contribution < -0.4 is 10.7 Å². The zero-order chi connectivity index (χ0) is 20.4. The van der Waals surface area contributed by atoms with Crippen LogP contribution >= 0.6 is 11.6 Å². The molecule has 29 heavy (non-hydrogen) atoms. The lowest BCUT2D eigenvalue weighted by molar-refractivity contribution is 0.101. The summed E-state index contributed by atoms with van der Waals surface area (Å²) < 4.78 is 3.24. The first-order valence-electron chi connectivity index (χ1n) is 8.79. The lowest BCUT2D eigenvalue weighted by atomic mass is 10.2. The van der Waals surface area contributed by atoms with Crippen molar-refractivity contribution in [2.75, 3.05) is 5.32 Å². The molecule has 0 aliphatic carbocycles. The Morgan fingerprint density at radius 3 is 2.38 bits per heavy atom. The van der Waals surface area contributed by atoms with Crippen molar-refractivity contribution in [3.8, 4) is 11.4 Å². The molecule has 2 aromatic heterocycles. The molecular formula is C21H16ClN5O2. The van der Waals surface area contributed by atoms with Crippen LogP contribution in [0.4, 0.5) is 5.69 Å². The number of benzene rings is 2. The quantitative estimate of drug-likeness (QED) is 0.562. The lowest BCUT2D eigenvalue weighted by Crippen LogP contribution is -2.26. The second kappa shape index (κ2) is 7.73. The van der Waals surface area contributed by atoms with E-state index in [4.69, 9.17) is 11.6 Å². The maximum absolute atomic E-state index is 12.7. The molecule has 1 N–H and O–H groups in total. The Hall–Kier alpha value is -3.71. The van der Waals surface area contributed by atoms with Gasteiger partial charge in [0.25, 0.3) is 5.91 Å². The van der Waals surface area contributed by atoms with Gasteiger partial charge in [-0.05, 0) is 61.5 Å². The standard InChI is InChI=1S/C21H16ClN5O2/c1-14-13-19(28)20(25-27(14)18-7-3-15(22)4-8-18)21(29)24-16-5-9-17(10-6-16)26-12-2-11-23-26/h2-13H,1H3,(H,24,29). The molecule has 2 heterocycles. The second-order valence-electron chi connectivity index (χ2n) is 6.34. The van der Waals surface area contributed by atoms with Crippen molar-refractivity contribution >= 4 is 23.2 Å². The van der Waals surface area contributed by atoms with Crippen molar-refractivity contribution in [1.29, 1.82) is 0 Å². The van der Waals surface area contributed by atoms with E-state index in [1.807, 2.05) is 24.4 Å². The van der Waals surface area contributed by atoms with Gasteiger partial charge in [-0.3, -0.25) is 9.59 Å². The fraction of sp³-hybridized carbons (Fsp3) is 0.0476. The fourth-order valence-electron chi connectivity index (χ4n) is 2.86. The Bertz CT molecular complexity index is 1210. The van der Waals surface area contributed by atoms with Crippen LogP contribution in [-0.2, 0) is 0 Å². The number of carbonyl (C=O) groups is 1. The smallest absolute Gasteiger partial charge is 0.280 e. The van der Waals surface area contributed by atoms with Crippen LogP contribution in [0, 0.1) is 6.92 Å². The third-order valence-electron chi connectivity index (χ3n) is 4.29. The van der Waals surface area contributed by atoms with E-state index in [9.17, 15) is 9.59 Å². The summed E-state index contributed by atoms with van der Waals surface area (Å²) in [7, 11) is 0. The largest absolute Gasteiger partial charge is 0.320 e. The minimum Gasteiger partial charge on any atom is -0.320 e. The lowest BCUT2D eigenvalue weighted by Gasteiger charge is -2.11. The number of nitrogens with zero attached hydrogens (tertiary/aromatic N) is 4. The van der Waals surface area contributed by atoms with Gasteiger partial charge in [-0.2, -0.15) is 10.2 Å². The number of halogens is 1. The zero-order valence-electron chi connectivity index (χ0n) is 15.4. The van der Waals surface area contributed by atoms with Crippen LogP contribution in [0.15, 0.2) is 77.9 Å². The van der Waals surface area contributed by atoms with Crippen molar-refractivity contribution in [2.24, 2.45) is 0 Å². The highest BCUT2D eigenvalue weighted by atomic mass is 35.5. The first-order valence-corrected chi connectivity index (χ1v) is 9.17. The van der Waals surface area contributed by atoms with Crippen molar-refractivity contribution in [3.05, 3.63) is 99.7 Å². The van der Waals surface area contributed by atoms with Gasteiger partial charge in [-0.1, -0.05) is 11.6 Å². The van der Waals surface area contributed by atoms with E-state index < -0.39 is 11.3 Å². The summed E-state index contributed by atoms with van der Waals surface area (Å²) in [5, 5.41) is 11.7. The third kappa shape index (κ3) is 3.95. The predicted octanol–water partition coefficient (Wildman–Crippen LogP) is 3.63. The van der Waals surface area contributed by atoms with Crippen LogP contribution in [-0.4, -0.2) is 25.5 Å². The molecular weight excluding hydrogens is 390 g/mol. The van der Waals surface area contributed by atoms with Crippen molar-refractivity contribution < 1.29 is 4.79 Å². The third-order valence-corrected chi connectivity index (χ3v) is 4.54. The average molecular weight is 406 g/mol. The van der Waals surface area contributed by atoms with Crippen LogP contribution in [0.2, 0.25) is 5.02 Å². The normalized spacial score (nSPS) is 10.7. The van der Waals surface area contributed by atoms with E-state index in [0.717, 1.165) is 5.69 Å². The molecule has 4 rings (SSSR count). The molecule has 7 nitrogen and oxygen atoms in total. The van der Waals surface area contributed by atoms with Gasteiger partial charge in [0.2, 0.25) is 5.43 Å². The van der Waals surface area contributed by atoms with Gasteiger partial charge in [0.1, 0.15) is 0 Å². The molecule has 0 saturated carbocycles. The zero-order valence-corrected chi connectivity index (χ0v) is 16.2. The molecule has 0 aliphatic rings. The number of aryl methyl sites for hydroxylation is 1. The maximum atomic E-state index is 12.7. The Balaban J connectivity index is 1.60. The molecule has 0 spiro atoms. The van der Waals surface area contributed by atoms with Crippen molar-refractivity contribution in [3.63, 3.8) is 0 Å². The van der Waals surface area contributed by atoms with Crippen molar-refractivity contribution in [2.45, 2.75) is 6.92 Å². The molecule has 2 aromatic carbocycles. The summed E-state index contributed by atoms with van der Waals surface area (Å²) in [6.45, 7) is 1.75. The molecule has 8 heteroatoms. The molecule has 0 aliphatic heterocycles. The summed E-state index contributed by atoms with van der Waals surface area (Å²) in [6.07, 6.45) is 3.51.